The summed E-state index contributed by atoms with van der Waals surface area (Å²) >= 11 is 6.19. The highest BCUT2D eigenvalue weighted by molar-refractivity contribution is 6.30. The van der Waals surface area contributed by atoms with Crippen LogP contribution in [0.2, 0.25) is 5.02 Å². The molecule has 0 unspecified atom stereocenters. The fourth-order valence-electron chi connectivity index (χ4n) is 4.05. The molecule has 2 atom stereocenters. The number of carbonyl (C=O) groups is 2. The van der Waals surface area contributed by atoms with Gasteiger partial charge < -0.3 is 9.64 Å². The van der Waals surface area contributed by atoms with Gasteiger partial charge in [0.05, 0.1) is 6.61 Å². The maximum absolute atomic E-state index is 12.6. The van der Waals surface area contributed by atoms with Gasteiger partial charge in [-0.1, -0.05) is 23.7 Å². The molecule has 0 radical (unpaired) electrons. The summed E-state index contributed by atoms with van der Waals surface area (Å²) in [5, 5.41) is 0.708. The first-order valence-corrected chi connectivity index (χ1v) is 9.43. The number of hydrogen-bond donors (Lipinski definition) is 0. The van der Waals surface area contributed by atoms with Gasteiger partial charge in [-0.25, -0.2) is 4.79 Å². The zero-order valence-corrected chi connectivity index (χ0v) is 16.1. The van der Waals surface area contributed by atoms with Crippen LogP contribution in [0.3, 0.4) is 0 Å². The van der Waals surface area contributed by atoms with Crippen molar-refractivity contribution in [3.8, 4) is 0 Å². The van der Waals surface area contributed by atoms with Crippen molar-refractivity contribution in [2.75, 3.05) is 46.9 Å². The number of rotatable bonds is 6. The van der Waals surface area contributed by atoms with E-state index >= 15 is 0 Å². The summed E-state index contributed by atoms with van der Waals surface area (Å²) in [6.07, 6.45) is 2.04. The second-order valence-corrected chi connectivity index (χ2v) is 7.52. The van der Waals surface area contributed by atoms with Crippen molar-refractivity contribution >= 4 is 23.5 Å². The summed E-state index contributed by atoms with van der Waals surface area (Å²) in [5.74, 6) is 0.0756. The lowest BCUT2D eigenvalue weighted by Crippen LogP contribution is -2.44. The van der Waals surface area contributed by atoms with E-state index < -0.39 is 0 Å². The molecule has 2 aliphatic rings. The van der Waals surface area contributed by atoms with Gasteiger partial charge in [0, 0.05) is 31.3 Å². The van der Waals surface area contributed by atoms with Gasteiger partial charge in [0.2, 0.25) is 5.91 Å². The van der Waals surface area contributed by atoms with Gasteiger partial charge in [-0.05, 0) is 50.0 Å². The first kappa shape index (κ1) is 19.1. The van der Waals surface area contributed by atoms with Crippen molar-refractivity contribution in [1.29, 1.82) is 0 Å². The van der Waals surface area contributed by atoms with Crippen LogP contribution in [-0.2, 0) is 9.53 Å². The average Bonchev–Trinajstić information content (AvgIpc) is 2.87. The van der Waals surface area contributed by atoms with E-state index in [-0.39, 0.29) is 30.4 Å². The van der Waals surface area contributed by atoms with E-state index in [0.29, 0.717) is 24.7 Å². The first-order valence-electron chi connectivity index (χ1n) is 9.05. The third-order valence-corrected chi connectivity index (χ3v) is 5.54. The van der Waals surface area contributed by atoms with Crippen molar-refractivity contribution in [3.63, 3.8) is 0 Å². The highest BCUT2D eigenvalue weighted by atomic mass is 35.5. The number of imide groups is 1. The van der Waals surface area contributed by atoms with Crippen LogP contribution < -0.4 is 0 Å². The van der Waals surface area contributed by atoms with Crippen molar-refractivity contribution in [1.82, 2.24) is 14.7 Å². The van der Waals surface area contributed by atoms with Gasteiger partial charge in [-0.2, -0.15) is 0 Å². The van der Waals surface area contributed by atoms with E-state index in [1.54, 1.807) is 12.0 Å². The van der Waals surface area contributed by atoms with Crippen molar-refractivity contribution in [2.24, 2.45) is 5.92 Å². The Labute approximate surface area is 159 Å². The molecule has 2 fully saturated rings. The third-order valence-electron chi connectivity index (χ3n) is 5.31. The number of methoxy groups -OCH3 is 1. The van der Waals surface area contributed by atoms with E-state index in [2.05, 4.69) is 18.0 Å². The number of carbonyl (C=O) groups excluding carboxylic acids is 2. The van der Waals surface area contributed by atoms with E-state index in [1.807, 2.05) is 18.2 Å². The number of benzene rings is 1. The Kier molecular flexibility index (Phi) is 6.16. The summed E-state index contributed by atoms with van der Waals surface area (Å²) in [7, 11) is 3.68. The smallest absolute Gasteiger partial charge is 0.327 e. The molecule has 0 bridgehead atoms. The molecular formula is C19H26ClN3O3. The van der Waals surface area contributed by atoms with E-state index in [1.165, 1.54) is 4.90 Å². The monoisotopic (exact) mass is 379 g/mol. The van der Waals surface area contributed by atoms with E-state index in [0.717, 1.165) is 24.9 Å². The lowest BCUT2D eigenvalue weighted by Gasteiger charge is -2.40. The number of hydrogen-bond acceptors (Lipinski definition) is 4. The molecule has 1 aromatic carbocycles. The molecule has 0 spiro atoms. The quantitative estimate of drug-likeness (QED) is 0.713. The summed E-state index contributed by atoms with van der Waals surface area (Å²) in [4.78, 5) is 30.3. The third kappa shape index (κ3) is 4.03. The zero-order chi connectivity index (χ0) is 18.7. The molecule has 3 amide bonds. The van der Waals surface area contributed by atoms with Crippen LogP contribution in [0.5, 0.6) is 0 Å². The molecular weight excluding hydrogens is 354 g/mol. The molecule has 0 aromatic heterocycles. The molecule has 2 aliphatic heterocycles. The molecule has 1 aromatic rings. The minimum absolute atomic E-state index is 0.121. The van der Waals surface area contributed by atoms with Crippen LogP contribution in [0.4, 0.5) is 4.79 Å². The van der Waals surface area contributed by atoms with Crippen molar-refractivity contribution in [3.05, 3.63) is 34.9 Å². The lowest BCUT2D eigenvalue weighted by molar-refractivity contribution is -0.126. The number of urea groups is 1. The highest BCUT2D eigenvalue weighted by Crippen LogP contribution is 2.37. The normalized spacial score (nSPS) is 24.6. The maximum Gasteiger partial charge on any atom is 0.327 e. The number of piperidine rings is 1. The van der Waals surface area contributed by atoms with Crippen molar-refractivity contribution < 1.29 is 14.3 Å². The Bertz CT molecular complexity index is 669. The lowest BCUT2D eigenvalue weighted by atomic mass is 9.84. The predicted molar refractivity (Wildman–Crippen MR) is 100 cm³/mol. The van der Waals surface area contributed by atoms with Gasteiger partial charge >= 0.3 is 6.03 Å². The van der Waals surface area contributed by atoms with Gasteiger partial charge in [0.1, 0.15) is 6.54 Å². The van der Waals surface area contributed by atoms with Crippen LogP contribution in [-0.4, -0.2) is 73.6 Å². The Hall–Kier alpha value is -1.63. The number of ether oxygens (including phenoxy) is 1. The zero-order valence-electron chi connectivity index (χ0n) is 15.4. The minimum Gasteiger partial charge on any atom is -0.383 e. The van der Waals surface area contributed by atoms with Gasteiger partial charge in [-0.15, -0.1) is 0 Å². The Morgan fingerprint density at radius 3 is 2.85 bits per heavy atom. The number of likely N-dealkylation sites (tertiary alicyclic amines) is 1. The Balaban J connectivity index is 1.76. The van der Waals surface area contributed by atoms with Gasteiger partial charge in [0.25, 0.3) is 0 Å². The fraction of sp³-hybridized carbons (Fsp3) is 0.579. The SMILES string of the molecule is COCCN1CC(=O)N(C[C@H]2CCCN(C)[C@@H]2c2cccc(Cl)c2)C1=O. The minimum atomic E-state index is -0.204. The molecule has 7 heteroatoms. The topological polar surface area (TPSA) is 53.1 Å². The molecule has 3 rings (SSSR count). The number of amides is 3. The first-order chi connectivity index (χ1) is 12.5. The predicted octanol–water partition coefficient (Wildman–Crippen LogP) is 2.63. The Morgan fingerprint density at radius 2 is 2.12 bits per heavy atom. The van der Waals surface area contributed by atoms with Crippen LogP contribution in [0.1, 0.15) is 24.4 Å². The van der Waals surface area contributed by atoms with Crippen molar-refractivity contribution in [2.45, 2.75) is 18.9 Å². The fourth-order valence-corrected chi connectivity index (χ4v) is 4.25. The highest BCUT2D eigenvalue weighted by Gasteiger charge is 2.40. The molecule has 142 valence electrons. The molecule has 0 N–H and O–H groups in total. The Morgan fingerprint density at radius 1 is 1.31 bits per heavy atom. The van der Waals surface area contributed by atoms with Crippen LogP contribution in [0.15, 0.2) is 24.3 Å². The summed E-state index contributed by atoms with van der Waals surface area (Å²) in [6.45, 7) is 2.47. The summed E-state index contributed by atoms with van der Waals surface area (Å²) in [6, 6.07) is 7.82. The molecule has 0 saturated carbocycles. The van der Waals surface area contributed by atoms with Gasteiger partial charge in [-0.3, -0.25) is 14.6 Å². The second-order valence-electron chi connectivity index (χ2n) is 7.08. The molecule has 26 heavy (non-hydrogen) atoms. The molecule has 2 saturated heterocycles. The molecule has 0 aliphatic carbocycles. The van der Waals surface area contributed by atoms with Crippen LogP contribution in [0.25, 0.3) is 0 Å². The van der Waals surface area contributed by atoms with E-state index in [9.17, 15) is 9.59 Å². The second kappa shape index (κ2) is 8.37. The molecule has 2 heterocycles. The van der Waals surface area contributed by atoms with Gasteiger partial charge in [0.15, 0.2) is 0 Å². The van der Waals surface area contributed by atoms with Crippen LogP contribution >= 0.6 is 11.6 Å². The summed E-state index contributed by atoms with van der Waals surface area (Å²) in [5.41, 5.74) is 1.14. The maximum atomic E-state index is 12.6. The standard InChI is InChI=1S/C19H26ClN3O3/c1-21-8-4-6-15(18(21)14-5-3-7-16(20)11-14)12-23-17(24)13-22(19(23)25)9-10-26-2/h3,5,7,11,15,18H,4,6,8-10,12-13H2,1-2H3/t15-,18-/m1/s1. The average molecular weight is 380 g/mol. The summed E-state index contributed by atoms with van der Waals surface area (Å²) < 4.78 is 5.03. The van der Waals surface area contributed by atoms with Crippen LogP contribution in [0, 0.1) is 5.92 Å². The molecule has 6 nitrogen and oxygen atoms in total. The number of halogens is 1. The largest absolute Gasteiger partial charge is 0.383 e. The number of nitrogens with zero attached hydrogens (tertiary/aromatic N) is 3. The van der Waals surface area contributed by atoms with E-state index in [4.69, 9.17) is 16.3 Å².